The van der Waals surface area contributed by atoms with Crippen LogP contribution >= 0.6 is 15.9 Å². The Hall–Kier alpha value is -3.30. The van der Waals surface area contributed by atoms with E-state index < -0.39 is 0 Å². The Balaban J connectivity index is 1.05. The largest absolute Gasteiger partial charge is 0.352 e. The van der Waals surface area contributed by atoms with Crippen molar-refractivity contribution in [2.45, 2.75) is 39.4 Å². The van der Waals surface area contributed by atoms with Crippen LogP contribution in [0, 0.1) is 12.8 Å². The highest BCUT2D eigenvalue weighted by molar-refractivity contribution is 9.10. The number of piperidine rings is 1. The third-order valence-corrected chi connectivity index (χ3v) is 7.18. The van der Waals surface area contributed by atoms with Crippen molar-refractivity contribution in [1.82, 2.24) is 29.9 Å². The van der Waals surface area contributed by atoms with Crippen LogP contribution in [0.25, 0.3) is 11.4 Å². The van der Waals surface area contributed by atoms with Crippen molar-refractivity contribution in [3.63, 3.8) is 0 Å². The van der Waals surface area contributed by atoms with Crippen molar-refractivity contribution < 1.29 is 9.32 Å². The fourth-order valence-corrected chi connectivity index (χ4v) is 4.71. The van der Waals surface area contributed by atoms with Gasteiger partial charge in [-0.2, -0.15) is 4.98 Å². The zero-order chi connectivity index (χ0) is 24.9. The Labute approximate surface area is 218 Å². The topological polar surface area (TPSA) is 89.1 Å². The molecule has 1 saturated heterocycles. The fraction of sp³-hybridized carbons (Fsp3) is 0.333. The Morgan fingerprint density at radius 3 is 2.47 bits per heavy atom. The first-order valence-corrected chi connectivity index (χ1v) is 13.0. The molecule has 1 amide bonds. The summed E-state index contributed by atoms with van der Waals surface area (Å²) in [5.74, 6) is 2.35. The zero-order valence-corrected chi connectivity index (χ0v) is 21.8. The van der Waals surface area contributed by atoms with E-state index in [4.69, 9.17) is 4.52 Å². The molecule has 1 N–H and O–H groups in total. The quantitative estimate of drug-likeness (QED) is 0.346. The molecule has 1 fully saturated rings. The van der Waals surface area contributed by atoms with Crippen molar-refractivity contribution in [2.24, 2.45) is 5.92 Å². The number of aryl methyl sites for hydroxylation is 1. The predicted molar refractivity (Wildman–Crippen MR) is 140 cm³/mol. The summed E-state index contributed by atoms with van der Waals surface area (Å²) in [4.78, 5) is 23.8. The molecule has 4 aromatic rings. The Bertz CT molecular complexity index is 1290. The molecule has 0 spiro atoms. The second kappa shape index (κ2) is 11.2. The highest BCUT2D eigenvalue weighted by atomic mass is 79.9. The van der Waals surface area contributed by atoms with Gasteiger partial charge in [0, 0.05) is 41.4 Å². The first kappa shape index (κ1) is 24.4. The minimum Gasteiger partial charge on any atom is -0.352 e. The van der Waals surface area contributed by atoms with Gasteiger partial charge in [0.15, 0.2) is 0 Å². The van der Waals surface area contributed by atoms with Crippen LogP contribution < -0.4 is 5.32 Å². The standard InChI is InChI=1S/C27H29BrN6O2/c1-19-29-12-15-34(19)17-21-4-2-20(3-5-21)16-30-27(35)23-10-13-33(14-11-23)18-25-31-26(32-36-25)22-6-8-24(28)9-7-22/h2-9,12,15,23H,10-11,13-14,16-18H2,1H3,(H,30,35). The number of benzene rings is 2. The summed E-state index contributed by atoms with van der Waals surface area (Å²) in [6.07, 6.45) is 5.44. The lowest BCUT2D eigenvalue weighted by atomic mass is 9.96. The SMILES string of the molecule is Cc1nccn1Cc1ccc(CNC(=O)C2CCN(Cc3nc(-c4ccc(Br)cc4)no3)CC2)cc1. The second-order valence-electron chi connectivity index (χ2n) is 9.21. The molecule has 0 unspecified atom stereocenters. The molecule has 0 saturated carbocycles. The van der Waals surface area contributed by atoms with Crippen molar-refractivity contribution in [3.05, 3.63) is 88.2 Å². The molecular weight excluding hydrogens is 520 g/mol. The van der Waals surface area contributed by atoms with Crippen LogP contribution in [0.15, 0.2) is 69.9 Å². The van der Waals surface area contributed by atoms with Gasteiger partial charge in [0.05, 0.1) is 6.54 Å². The summed E-state index contributed by atoms with van der Waals surface area (Å²) >= 11 is 3.44. The van der Waals surface area contributed by atoms with Crippen molar-refractivity contribution >= 4 is 21.8 Å². The number of rotatable bonds is 8. The molecule has 3 heterocycles. The van der Waals surface area contributed by atoms with Crippen LogP contribution in [0.3, 0.4) is 0 Å². The molecule has 0 radical (unpaired) electrons. The lowest BCUT2D eigenvalue weighted by Gasteiger charge is -2.30. The van der Waals surface area contributed by atoms with Gasteiger partial charge in [0.1, 0.15) is 5.82 Å². The number of halogens is 1. The Morgan fingerprint density at radius 1 is 1.06 bits per heavy atom. The van der Waals surface area contributed by atoms with E-state index in [1.165, 1.54) is 5.56 Å². The van der Waals surface area contributed by atoms with Gasteiger partial charge < -0.3 is 14.4 Å². The summed E-state index contributed by atoms with van der Waals surface area (Å²) in [7, 11) is 0. The third-order valence-electron chi connectivity index (χ3n) is 6.65. The molecule has 2 aromatic carbocycles. The highest BCUT2D eigenvalue weighted by Gasteiger charge is 2.26. The first-order valence-electron chi connectivity index (χ1n) is 12.2. The summed E-state index contributed by atoms with van der Waals surface area (Å²) in [5.41, 5.74) is 3.24. The van der Waals surface area contributed by atoms with Gasteiger partial charge in [0.25, 0.3) is 0 Å². The molecule has 0 atom stereocenters. The van der Waals surface area contributed by atoms with Gasteiger partial charge in [-0.25, -0.2) is 4.98 Å². The average Bonchev–Trinajstić information content (AvgIpc) is 3.53. The van der Waals surface area contributed by atoms with E-state index >= 15 is 0 Å². The minimum absolute atomic E-state index is 0.0331. The molecule has 9 heteroatoms. The molecule has 36 heavy (non-hydrogen) atoms. The smallest absolute Gasteiger partial charge is 0.241 e. The van der Waals surface area contributed by atoms with Gasteiger partial charge in [-0.1, -0.05) is 45.4 Å². The van der Waals surface area contributed by atoms with Crippen LogP contribution in [0.5, 0.6) is 0 Å². The zero-order valence-electron chi connectivity index (χ0n) is 20.2. The van der Waals surface area contributed by atoms with Gasteiger partial charge >= 0.3 is 0 Å². The summed E-state index contributed by atoms with van der Waals surface area (Å²) in [6, 6.07) is 16.2. The summed E-state index contributed by atoms with van der Waals surface area (Å²) in [6.45, 7) is 5.60. The van der Waals surface area contributed by atoms with Crippen molar-refractivity contribution in [3.8, 4) is 11.4 Å². The fourth-order valence-electron chi connectivity index (χ4n) is 4.44. The number of nitrogens with zero attached hydrogens (tertiary/aromatic N) is 5. The molecule has 5 rings (SSSR count). The molecule has 0 bridgehead atoms. The second-order valence-corrected chi connectivity index (χ2v) is 10.1. The van der Waals surface area contributed by atoms with Gasteiger partial charge in [-0.05, 0) is 68.2 Å². The van der Waals surface area contributed by atoms with Gasteiger partial charge in [-0.3, -0.25) is 9.69 Å². The molecule has 1 aliphatic heterocycles. The van der Waals surface area contributed by atoms with E-state index in [2.05, 4.69) is 70.1 Å². The average molecular weight is 549 g/mol. The monoisotopic (exact) mass is 548 g/mol. The molecule has 8 nitrogen and oxygen atoms in total. The van der Waals surface area contributed by atoms with E-state index in [-0.39, 0.29) is 11.8 Å². The number of imidazole rings is 1. The summed E-state index contributed by atoms with van der Waals surface area (Å²) < 4.78 is 8.58. The van der Waals surface area contributed by atoms with Gasteiger partial charge in [0.2, 0.25) is 17.6 Å². The van der Waals surface area contributed by atoms with E-state index in [0.29, 0.717) is 24.8 Å². The number of nitrogens with one attached hydrogen (secondary N) is 1. The number of carbonyl (C=O) groups excluding carboxylic acids is 1. The van der Waals surface area contributed by atoms with E-state index in [1.807, 2.05) is 43.6 Å². The third kappa shape index (κ3) is 6.09. The molecule has 1 aliphatic rings. The lowest BCUT2D eigenvalue weighted by Crippen LogP contribution is -2.40. The highest BCUT2D eigenvalue weighted by Crippen LogP contribution is 2.22. The normalized spacial score (nSPS) is 14.7. The van der Waals surface area contributed by atoms with Crippen molar-refractivity contribution in [2.75, 3.05) is 13.1 Å². The Kier molecular flexibility index (Phi) is 7.58. The first-order chi connectivity index (χ1) is 17.5. The summed E-state index contributed by atoms with van der Waals surface area (Å²) in [5, 5.41) is 7.23. The van der Waals surface area contributed by atoms with Crippen LogP contribution in [-0.4, -0.2) is 43.6 Å². The van der Waals surface area contributed by atoms with Crippen LogP contribution in [-0.2, 0) is 24.4 Å². The van der Waals surface area contributed by atoms with Crippen LogP contribution in [0.2, 0.25) is 0 Å². The number of likely N-dealkylation sites (tertiary alicyclic amines) is 1. The van der Waals surface area contributed by atoms with Crippen LogP contribution in [0.4, 0.5) is 0 Å². The number of aromatic nitrogens is 4. The number of amides is 1. The maximum Gasteiger partial charge on any atom is 0.241 e. The molecule has 0 aliphatic carbocycles. The predicted octanol–water partition coefficient (Wildman–Crippen LogP) is 4.58. The molecule has 186 valence electrons. The number of hydrogen-bond acceptors (Lipinski definition) is 6. The maximum atomic E-state index is 12.8. The van der Waals surface area contributed by atoms with E-state index in [9.17, 15) is 4.79 Å². The van der Waals surface area contributed by atoms with Crippen LogP contribution in [0.1, 0.15) is 35.7 Å². The molecular formula is C27H29BrN6O2. The molecule has 2 aromatic heterocycles. The maximum absolute atomic E-state index is 12.8. The minimum atomic E-state index is 0.0331. The number of hydrogen-bond donors (Lipinski definition) is 1. The van der Waals surface area contributed by atoms with Gasteiger partial charge in [-0.15, -0.1) is 0 Å². The van der Waals surface area contributed by atoms with E-state index in [1.54, 1.807) is 0 Å². The lowest BCUT2D eigenvalue weighted by molar-refractivity contribution is -0.126. The Morgan fingerprint density at radius 2 is 1.78 bits per heavy atom. The number of carbonyl (C=O) groups is 1. The van der Waals surface area contributed by atoms with E-state index in [0.717, 1.165) is 53.9 Å². The van der Waals surface area contributed by atoms with Crippen molar-refractivity contribution in [1.29, 1.82) is 0 Å².